The molecule has 4 heterocycles. The maximum absolute atomic E-state index is 13.3. The van der Waals surface area contributed by atoms with Gasteiger partial charge in [0.05, 0.1) is 11.4 Å². The lowest BCUT2D eigenvalue weighted by Crippen LogP contribution is -2.42. The summed E-state index contributed by atoms with van der Waals surface area (Å²) in [6.45, 7) is 9.60. The van der Waals surface area contributed by atoms with E-state index in [1.807, 2.05) is 24.3 Å². The van der Waals surface area contributed by atoms with Crippen molar-refractivity contribution in [1.29, 1.82) is 0 Å². The van der Waals surface area contributed by atoms with Gasteiger partial charge < -0.3 is 10.2 Å². The molecule has 7 nitrogen and oxygen atoms in total. The largest absolute Gasteiger partial charge is 0.382 e. The normalized spacial score (nSPS) is 19.2. The Labute approximate surface area is 201 Å². The van der Waals surface area contributed by atoms with E-state index >= 15 is 0 Å². The SMILES string of the molecule is C[C@@H]1CCNc2ccc(-c3cccc(N4CCC(C)(C)C4)c3)nc2N1C(=O)Nc1ccccn1. The summed E-state index contributed by atoms with van der Waals surface area (Å²) in [5.74, 6) is 1.17. The molecule has 2 aliphatic heterocycles. The lowest BCUT2D eigenvalue weighted by Gasteiger charge is -2.27. The molecule has 1 fully saturated rings. The van der Waals surface area contributed by atoms with E-state index in [1.165, 1.54) is 12.1 Å². The van der Waals surface area contributed by atoms with Crippen LogP contribution in [-0.4, -0.2) is 41.7 Å². The molecule has 3 aromatic rings. The molecule has 0 aliphatic carbocycles. The maximum Gasteiger partial charge on any atom is 0.328 e. The molecule has 0 bridgehead atoms. The van der Waals surface area contributed by atoms with Gasteiger partial charge in [0.25, 0.3) is 0 Å². The van der Waals surface area contributed by atoms with Crippen LogP contribution >= 0.6 is 0 Å². The molecule has 0 saturated carbocycles. The van der Waals surface area contributed by atoms with Crippen molar-refractivity contribution in [3.05, 3.63) is 60.8 Å². The minimum absolute atomic E-state index is 0.0154. The van der Waals surface area contributed by atoms with Gasteiger partial charge in [0.2, 0.25) is 0 Å². The molecule has 1 saturated heterocycles. The first-order valence-electron chi connectivity index (χ1n) is 12.0. The first-order chi connectivity index (χ1) is 16.4. The predicted molar refractivity (Wildman–Crippen MR) is 139 cm³/mol. The summed E-state index contributed by atoms with van der Waals surface area (Å²) in [6, 6.07) is 17.9. The first-order valence-corrected chi connectivity index (χ1v) is 12.0. The summed E-state index contributed by atoms with van der Waals surface area (Å²) in [4.78, 5) is 26.8. The number of hydrogen-bond donors (Lipinski definition) is 2. The number of amides is 2. The van der Waals surface area contributed by atoms with E-state index in [1.54, 1.807) is 17.2 Å². The Balaban J connectivity index is 1.47. The van der Waals surface area contributed by atoms with Crippen LogP contribution in [-0.2, 0) is 0 Å². The zero-order valence-electron chi connectivity index (χ0n) is 20.1. The zero-order chi connectivity index (χ0) is 23.7. The smallest absolute Gasteiger partial charge is 0.328 e. The number of nitrogens with one attached hydrogen (secondary N) is 2. The topological polar surface area (TPSA) is 73.4 Å². The summed E-state index contributed by atoms with van der Waals surface area (Å²) >= 11 is 0. The zero-order valence-corrected chi connectivity index (χ0v) is 20.1. The van der Waals surface area contributed by atoms with Crippen LogP contribution < -0.4 is 20.4 Å². The van der Waals surface area contributed by atoms with Crippen LogP contribution in [0.4, 0.5) is 27.8 Å². The summed E-state index contributed by atoms with van der Waals surface area (Å²) in [6.07, 6.45) is 3.68. The second-order valence-electron chi connectivity index (χ2n) is 10.0. The number of aromatic nitrogens is 2. The van der Waals surface area contributed by atoms with Gasteiger partial charge in [-0.05, 0) is 61.6 Å². The molecular formula is C27H32N6O. The van der Waals surface area contributed by atoms with Crippen molar-refractivity contribution in [3.8, 4) is 11.3 Å². The van der Waals surface area contributed by atoms with Gasteiger partial charge >= 0.3 is 6.03 Å². The fourth-order valence-electron chi connectivity index (χ4n) is 4.78. The van der Waals surface area contributed by atoms with Gasteiger partial charge in [-0.3, -0.25) is 10.2 Å². The Morgan fingerprint density at radius 3 is 2.79 bits per heavy atom. The highest BCUT2D eigenvalue weighted by molar-refractivity contribution is 6.03. The fourth-order valence-corrected chi connectivity index (χ4v) is 4.78. The second-order valence-corrected chi connectivity index (χ2v) is 10.0. The molecule has 2 amide bonds. The average Bonchev–Trinajstić information content (AvgIpc) is 3.11. The molecule has 0 spiro atoms. The van der Waals surface area contributed by atoms with Crippen LogP contribution in [0.25, 0.3) is 11.3 Å². The van der Waals surface area contributed by atoms with E-state index in [4.69, 9.17) is 4.98 Å². The van der Waals surface area contributed by atoms with Crippen molar-refractivity contribution < 1.29 is 4.79 Å². The maximum atomic E-state index is 13.3. The second kappa shape index (κ2) is 8.97. The highest BCUT2D eigenvalue weighted by Crippen LogP contribution is 2.36. The highest BCUT2D eigenvalue weighted by Gasteiger charge is 2.30. The molecule has 5 rings (SSSR count). The number of carbonyl (C=O) groups is 1. The lowest BCUT2D eigenvalue weighted by atomic mass is 9.93. The van der Waals surface area contributed by atoms with Crippen molar-refractivity contribution in [1.82, 2.24) is 9.97 Å². The third kappa shape index (κ3) is 4.55. The Morgan fingerprint density at radius 1 is 1.15 bits per heavy atom. The van der Waals surface area contributed by atoms with Crippen LogP contribution in [0.3, 0.4) is 0 Å². The molecule has 0 radical (unpaired) electrons. The molecular weight excluding hydrogens is 424 g/mol. The highest BCUT2D eigenvalue weighted by atomic mass is 16.2. The average molecular weight is 457 g/mol. The third-order valence-electron chi connectivity index (χ3n) is 6.72. The number of anilines is 4. The molecule has 1 aromatic carbocycles. The van der Waals surface area contributed by atoms with Gasteiger partial charge in [0.15, 0.2) is 5.82 Å². The Bertz CT molecular complexity index is 1180. The van der Waals surface area contributed by atoms with Gasteiger partial charge in [0, 0.05) is 43.1 Å². The molecule has 7 heteroatoms. The molecule has 1 atom stereocenters. The van der Waals surface area contributed by atoms with Crippen LogP contribution in [0.5, 0.6) is 0 Å². The number of fused-ring (bicyclic) bond motifs is 1. The van der Waals surface area contributed by atoms with E-state index in [0.717, 1.165) is 43.0 Å². The molecule has 34 heavy (non-hydrogen) atoms. The summed E-state index contributed by atoms with van der Waals surface area (Å²) in [5, 5.41) is 6.37. The lowest BCUT2D eigenvalue weighted by molar-refractivity contribution is 0.255. The van der Waals surface area contributed by atoms with Gasteiger partial charge in [0.1, 0.15) is 5.82 Å². The van der Waals surface area contributed by atoms with E-state index in [-0.39, 0.29) is 12.1 Å². The quantitative estimate of drug-likeness (QED) is 0.535. The van der Waals surface area contributed by atoms with Crippen LogP contribution in [0.2, 0.25) is 0 Å². The van der Waals surface area contributed by atoms with Gasteiger partial charge in [-0.1, -0.05) is 32.0 Å². The molecule has 2 aliphatic rings. The number of benzene rings is 1. The first kappa shape index (κ1) is 22.2. The van der Waals surface area contributed by atoms with E-state index < -0.39 is 0 Å². The minimum Gasteiger partial charge on any atom is -0.382 e. The Kier molecular flexibility index (Phi) is 5.86. The van der Waals surface area contributed by atoms with Crippen LogP contribution in [0.1, 0.15) is 33.6 Å². The van der Waals surface area contributed by atoms with Crippen LogP contribution in [0, 0.1) is 5.41 Å². The van der Waals surface area contributed by atoms with E-state index in [2.05, 4.69) is 65.6 Å². The van der Waals surface area contributed by atoms with Crippen molar-refractivity contribution >= 4 is 29.0 Å². The summed E-state index contributed by atoms with van der Waals surface area (Å²) < 4.78 is 0. The number of pyridine rings is 2. The summed E-state index contributed by atoms with van der Waals surface area (Å²) in [7, 11) is 0. The molecule has 2 N–H and O–H groups in total. The number of carbonyl (C=O) groups excluding carboxylic acids is 1. The molecule has 0 unspecified atom stereocenters. The van der Waals surface area contributed by atoms with Crippen molar-refractivity contribution in [2.75, 3.05) is 40.1 Å². The Hall–Kier alpha value is -3.61. The summed E-state index contributed by atoms with van der Waals surface area (Å²) in [5.41, 5.74) is 4.32. The minimum atomic E-state index is -0.228. The van der Waals surface area contributed by atoms with Crippen molar-refractivity contribution in [2.24, 2.45) is 5.41 Å². The number of nitrogens with zero attached hydrogens (tertiary/aromatic N) is 4. The predicted octanol–water partition coefficient (Wildman–Crippen LogP) is 5.62. The fraction of sp³-hybridized carbons (Fsp3) is 0.370. The van der Waals surface area contributed by atoms with Gasteiger partial charge in [-0.2, -0.15) is 0 Å². The van der Waals surface area contributed by atoms with Gasteiger partial charge in [-0.15, -0.1) is 0 Å². The monoisotopic (exact) mass is 456 g/mol. The third-order valence-corrected chi connectivity index (χ3v) is 6.72. The van der Waals surface area contributed by atoms with Crippen LogP contribution in [0.15, 0.2) is 60.8 Å². The van der Waals surface area contributed by atoms with Crippen molar-refractivity contribution in [2.45, 2.75) is 39.7 Å². The number of urea groups is 1. The number of hydrogen-bond acceptors (Lipinski definition) is 5. The standard InChI is InChI=1S/C27H32N6O/c1-19-12-15-28-23-11-10-22(20-7-6-8-21(17-20)32-16-13-27(2,3)18-32)30-25(23)33(19)26(34)31-24-9-4-5-14-29-24/h4-11,14,17,19,28H,12-13,15-16,18H2,1-3H3,(H,29,31,34)/t19-/m1/s1. The number of rotatable bonds is 3. The van der Waals surface area contributed by atoms with Crippen molar-refractivity contribution in [3.63, 3.8) is 0 Å². The van der Waals surface area contributed by atoms with E-state index in [9.17, 15) is 4.79 Å². The molecule has 176 valence electrons. The Morgan fingerprint density at radius 2 is 2.03 bits per heavy atom. The van der Waals surface area contributed by atoms with E-state index in [0.29, 0.717) is 17.1 Å². The van der Waals surface area contributed by atoms with Gasteiger partial charge in [-0.25, -0.2) is 14.8 Å². The molecule has 2 aromatic heterocycles.